The van der Waals surface area contributed by atoms with E-state index in [9.17, 15) is 28.8 Å². The van der Waals surface area contributed by atoms with Crippen molar-refractivity contribution in [2.75, 3.05) is 20.1 Å². The summed E-state index contributed by atoms with van der Waals surface area (Å²) in [6, 6.07) is 13.6. The number of hydrogen-bond acceptors (Lipinski definition) is 7. The first-order valence-electron chi connectivity index (χ1n) is 19.2. The highest BCUT2D eigenvalue weighted by atomic mass is 16.6. The third-order valence-corrected chi connectivity index (χ3v) is 11.3. The minimum absolute atomic E-state index is 0.135. The molecule has 0 aromatic heterocycles. The van der Waals surface area contributed by atoms with Gasteiger partial charge in [0.05, 0.1) is 0 Å². The van der Waals surface area contributed by atoms with Crippen LogP contribution in [0.25, 0.3) is 0 Å². The number of esters is 1. The Kier molecular flexibility index (Phi) is 13.3. The molecule has 2 N–H and O–H groups in total. The van der Waals surface area contributed by atoms with E-state index in [1.165, 1.54) is 14.7 Å². The van der Waals surface area contributed by atoms with Crippen molar-refractivity contribution in [2.45, 2.75) is 115 Å². The van der Waals surface area contributed by atoms with Crippen molar-refractivity contribution < 1.29 is 33.5 Å². The van der Waals surface area contributed by atoms with Gasteiger partial charge in [-0.3, -0.25) is 24.0 Å². The number of benzene rings is 2. The average molecular weight is 730 g/mol. The third-order valence-electron chi connectivity index (χ3n) is 11.3. The smallest absolute Gasteiger partial charge is 0.329 e. The third kappa shape index (κ3) is 9.08. The van der Waals surface area contributed by atoms with Gasteiger partial charge in [0.15, 0.2) is 6.10 Å². The van der Waals surface area contributed by atoms with Gasteiger partial charge in [-0.1, -0.05) is 94.8 Å². The lowest BCUT2D eigenvalue weighted by atomic mass is 9.95. The quantitative estimate of drug-likeness (QED) is 0.397. The molecule has 12 nitrogen and oxygen atoms in total. The molecule has 2 aromatic carbocycles. The molecule has 53 heavy (non-hydrogen) atoms. The maximum atomic E-state index is 14.5. The molecule has 12 heteroatoms. The highest BCUT2D eigenvalue weighted by Crippen LogP contribution is 2.28. The summed E-state index contributed by atoms with van der Waals surface area (Å²) >= 11 is 0. The Morgan fingerprint density at radius 3 is 1.74 bits per heavy atom. The van der Waals surface area contributed by atoms with E-state index in [4.69, 9.17) is 4.74 Å². The molecule has 3 aliphatic heterocycles. The number of nitrogens with one attached hydrogen (secondary N) is 2. The standard InChI is InChI=1S/C41H55N5O7/c1-6-26(3)34-37(48)42-30(24-28-16-10-8-11-17-28)36(47)43-31(25-29-18-12-9-13-19-29)38(49)46-23-15-21-33(46)41(52)53-35(27(4)7-2)40(51)45-22-14-20-32(45)39(50)44(34)5/h8-13,16-19,26-27,30-35H,6-7,14-15,20-25H2,1-5H3,(H,42,48)(H,43,47)/t26-,27+,30+,31-,32+,33+,34+,35+/m1/s1. The lowest BCUT2D eigenvalue weighted by molar-refractivity contribution is -0.170. The minimum Gasteiger partial charge on any atom is -0.450 e. The molecular weight excluding hydrogens is 674 g/mol. The summed E-state index contributed by atoms with van der Waals surface area (Å²) in [5.41, 5.74) is 1.60. The van der Waals surface area contributed by atoms with E-state index >= 15 is 0 Å². The number of carbonyl (C=O) groups is 6. The molecule has 0 bridgehead atoms. The van der Waals surface area contributed by atoms with Crippen LogP contribution >= 0.6 is 0 Å². The van der Waals surface area contributed by atoms with E-state index in [2.05, 4.69) is 10.6 Å². The first kappa shape index (κ1) is 39.5. The Hall–Kier alpha value is -4.74. The molecule has 286 valence electrons. The van der Waals surface area contributed by atoms with Gasteiger partial charge >= 0.3 is 5.97 Å². The van der Waals surface area contributed by atoms with Crippen LogP contribution in [-0.4, -0.2) is 107 Å². The normalized spacial score (nSPS) is 27.6. The lowest BCUT2D eigenvalue weighted by Crippen LogP contribution is -2.61. The molecule has 0 saturated carbocycles. The number of ether oxygens (including phenoxy) is 1. The van der Waals surface area contributed by atoms with Crippen LogP contribution < -0.4 is 10.6 Å². The Morgan fingerprint density at radius 2 is 1.17 bits per heavy atom. The molecule has 8 atom stereocenters. The average Bonchev–Trinajstić information content (AvgIpc) is 3.87. The molecule has 5 rings (SSSR count). The van der Waals surface area contributed by atoms with Gasteiger partial charge in [0.2, 0.25) is 23.6 Å². The van der Waals surface area contributed by atoms with Crippen LogP contribution in [0.4, 0.5) is 0 Å². The zero-order valence-corrected chi connectivity index (χ0v) is 31.7. The predicted octanol–water partition coefficient (Wildman–Crippen LogP) is 3.27. The second-order valence-corrected chi connectivity index (χ2v) is 14.9. The van der Waals surface area contributed by atoms with E-state index < -0.39 is 65.9 Å². The zero-order chi connectivity index (χ0) is 38.2. The van der Waals surface area contributed by atoms with E-state index in [0.29, 0.717) is 45.1 Å². The lowest BCUT2D eigenvalue weighted by Gasteiger charge is -2.37. The van der Waals surface area contributed by atoms with Crippen LogP contribution in [0.3, 0.4) is 0 Å². The van der Waals surface area contributed by atoms with Crippen molar-refractivity contribution in [2.24, 2.45) is 11.8 Å². The summed E-state index contributed by atoms with van der Waals surface area (Å²) in [7, 11) is 1.57. The second-order valence-electron chi connectivity index (χ2n) is 14.9. The van der Waals surface area contributed by atoms with Crippen LogP contribution in [0.5, 0.6) is 0 Å². The number of cyclic esters (lactones) is 1. The number of rotatable bonds is 8. The van der Waals surface area contributed by atoms with E-state index in [1.807, 2.05) is 88.4 Å². The summed E-state index contributed by atoms with van der Waals surface area (Å²) in [4.78, 5) is 90.2. The summed E-state index contributed by atoms with van der Waals surface area (Å²) in [6.45, 7) is 8.13. The van der Waals surface area contributed by atoms with Crippen LogP contribution in [0.2, 0.25) is 0 Å². The molecule has 0 spiro atoms. The monoisotopic (exact) mass is 729 g/mol. The number of likely N-dealkylation sites (N-methyl/N-ethyl adjacent to an activating group) is 1. The van der Waals surface area contributed by atoms with Gasteiger partial charge in [-0.25, -0.2) is 4.79 Å². The van der Waals surface area contributed by atoms with Crippen molar-refractivity contribution in [1.82, 2.24) is 25.3 Å². The number of fused-ring (bicyclic) bond motifs is 2. The first-order valence-corrected chi connectivity index (χ1v) is 19.2. The van der Waals surface area contributed by atoms with Gasteiger partial charge in [0, 0.05) is 38.9 Å². The Morgan fingerprint density at radius 1 is 0.660 bits per heavy atom. The van der Waals surface area contributed by atoms with Crippen LogP contribution in [-0.2, 0) is 46.3 Å². The Balaban J connectivity index is 1.59. The number of nitrogens with zero attached hydrogens (tertiary/aromatic N) is 3. The zero-order valence-electron chi connectivity index (χ0n) is 31.7. The summed E-state index contributed by atoms with van der Waals surface area (Å²) < 4.78 is 6.04. The fourth-order valence-corrected chi connectivity index (χ4v) is 7.80. The van der Waals surface area contributed by atoms with Gasteiger partial charge in [0.25, 0.3) is 5.91 Å². The van der Waals surface area contributed by atoms with Crippen molar-refractivity contribution in [3.63, 3.8) is 0 Å². The highest BCUT2D eigenvalue weighted by Gasteiger charge is 2.46. The van der Waals surface area contributed by atoms with Crippen LogP contribution in [0.1, 0.15) is 77.3 Å². The fraction of sp³-hybridized carbons (Fsp3) is 0.561. The molecule has 3 heterocycles. The molecule has 0 aliphatic carbocycles. The topological polar surface area (TPSA) is 145 Å². The molecule has 5 amide bonds. The molecule has 0 radical (unpaired) electrons. The Labute approximate surface area is 313 Å². The van der Waals surface area contributed by atoms with Crippen molar-refractivity contribution in [1.29, 1.82) is 0 Å². The number of hydrogen-bond donors (Lipinski definition) is 2. The summed E-state index contributed by atoms with van der Waals surface area (Å²) in [5, 5.41) is 5.91. The Bertz CT molecular complexity index is 1620. The van der Waals surface area contributed by atoms with Crippen molar-refractivity contribution >= 4 is 35.5 Å². The largest absolute Gasteiger partial charge is 0.450 e. The molecule has 0 unspecified atom stereocenters. The van der Waals surface area contributed by atoms with E-state index in [-0.39, 0.29) is 37.1 Å². The van der Waals surface area contributed by atoms with Gasteiger partial charge < -0.3 is 30.1 Å². The molecule has 3 aliphatic rings. The van der Waals surface area contributed by atoms with E-state index in [1.54, 1.807) is 7.05 Å². The van der Waals surface area contributed by atoms with Crippen LogP contribution in [0, 0.1) is 11.8 Å². The van der Waals surface area contributed by atoms with Crippen molar-refractivity contribution in [3.05, 3.63) is 71.8 Å². The van der Waals surface area contributed by atoms with E-state index in [0.717, 1.165) is 11.1 Å². The predicted molar refractivity (Wildman–Crippen MR) is 199 cm³/mol. The number of carbonyl (C=O) groups excluding carboxylic acids is 6. The first-order chi connectivity index (χ1) is 25.4. The molecule has 3 fully saturated rings. The van der Waals surface area contributed by atoms with Gasteiger partial charge in [-0.2, -0.15) is 0 Å². The van der Waals surface area contributed by atoms with Crippen LogP contribution in [0.15, 0.2) is 60.7 Å². The SMILES string of the molecule is CC[C@@H](C)[C@H]1C(=O)N[C@@H](Cc2ccccc2)C(=O)N[C@H](Cc2ccccc2)C(=O)N2CCC[C@H]2C(=O)O[C@@H]([C@@H](C)CC)C(=O)N2CCC[C@H]2C(=O)N1C. The summed E-state index contributed by atoms with van der Waals surface area (Å²) in [6.07, 6.45) is 2.08. The fourth-order valence-electron chi connectivity index (χ4n) is 7.80. The summed E-state index contributed by atoms with van der Waals surface area (Å²) in [5.74, 6) is -3.66. The molecule has 3 saturated heterocycles. The second kappa shape index (κ2) is 17.9. The molecule has 2 aromatic rings. The highest BCUT2D eigenvalue weighted by molar-refractivity contribution is 5.97. The van der Waals surface area contributed by atoms with Gasteiger partial charge in [-0.15, -0.1) is 0 Å². The molecular formula is C41H55N5O7. The number of amides is 5. The van der Waals surface area contributed by atoms with Crippen molar-refractivity contribution in [3.8, 4) is 0 Å². The maximum absolute atomic E-state index is 14.5. The van der Waals surface area contributed by atoms with Gasteiger partial charge in [-0.05, 0) is 49.1 Å². The minimum atomic E-state index is -1.16. The van der Waals surface area contributed by atoms with Gasteiger partial charge in [0.1, 0.15) is 30.2 Å². The maximum Gasteiger partial charge on any atom is 0.329 e.